The molecule has 12 aliphatic rings. The monoisotopic (exact) mass is 1070 g/mol. The summed E-state index contributed by atoms with van der Waals surface area (Å²) < 4.78 is 6.47. The van der Waals surface area contributed by atoms with E-state index in [1.807, 2.05) is 19.6 Å². The van der Waals surface area contributed by atoms with Crippen LogP contribution >= 0.6 is 39.5 Å². The van der Waals surface area contributed by atoms with Gasteiger partial charge in [-0.1, -0.05) is 48.3 Å². The Morgan fingerprint density at radius 3 is 1.44 bits per heavy atom. The van der Waals surface area contributed by atoms with Gasteiger partial charge in [0, 0.05) is 35.9 Å². The number of carbonyl (C=O) groups is 1. The van der Waals surface area contributed by atoms with Gasteiger partial charge < -0.3 is 20.4 Å². The summed E-state index contributed by atoms with van der Waals surface area (Å²) in [7, 11) is -2.92. The van der Waals surface area contributed by atoms with Crippen LogP contribution < -0.4 is 5.73 Å². The van der Waals surface area contributed by atoms with Crippen LogP contribution in [-0.4, -0.2) is 55.7 Å². The van der Waals surface area contributed by atoms with E-state index >= 15 is 0 Å². The second-order valence-corrected chi connectivity index (χ2v) is 54.7. The predicted octanol–water partition coefficient (Wildman–Crippen LogP) is 11.0. The summed E-state index contributed by atoms with van der Waals surface area (Å²) in [4.78, 5) is 11.7. The second kappa shape index (κ2) is 18.5. The third kappa shape index (κ3) is 11.3. The molecule has 12 rings (SSSR count). The van der Waals surface area contributed by atoms with Crippen molar-refractivity contribution < 1.29 is 29.5 Å². The van der Waals surface area contributed by atoms with Gasteiger partial charge in [0.05, 0.1) is 17.3 Å². The van der Waals surface area contributed by atoms with E-state index in [4.69, 9.17) is 15.4 Å². The molecule has 0 aromatic heterocycles. The van der Waals surface area contributed by atoms with Crippen molar-refractivity contribution in [2.75, 3.05) is 6.54 Å². The van der Waals surface area contributed by atoms with E-state index in [2.05, 4.69) is 84.8 Å². The van der Waals surface area contributed by atoms with Gasteiger partial charge >= 0.3 is 49.6 Å². The summed E-state index contributed by atoms with van der Waals surface area (Å²) in [5.74, 6) is 5.50. The van der Waals surface area contributed by atoms with E-state index in [1.54, 1.807) is 0 Å². The van der Waals surface area contributed by atoms with Gasteiger partial charge in [0.25, 0.3) is 0 Å². The first-order valence-corrected chi connectivity index (χ1v) is 45.8. The Morgan fingerprint density at radius 2 is 1.11 bits per heavy atom. The fraction of sp³-hybridized carbons (Fsp3) is 0.930. The van der Waals surface area contributed by atoms with Crippen molar-refractivity contribution in [3.05, 3.63) is 0 Å². The molecule has 12 bridgehead atoms. The Hall–Kier alpha value is 1.01. The topological polar surface area (TPSA) is 140 Å². The first-order chi connectivity index (χ1) is 24.5. The first kappa shape index (κ1) is 50.4. The quantitative estimate of drug-likeness (QED) is 0.189. The number of hydrogen-bond donors (Lipinski definition) is 3. The fourth-order valence-electron chi connectivity index (χ4n) is 13.7. The zero-order valence-corrected chi connectivity index (χ0v) is 43.4. The van der Waals surface area contributed by atoms with Crippen molar-refractivity contribution in [2.45, 2.75) is 181 Å². The predicted molar refractivity (Wildman–Crippen MR) is 244 cm³/mol. The molecule has 12 aliphatic carbocycles. The van der Waals surface area contributed by atoms with Gasteiger partial charge in [-0.3, -0.25) is 4.79 Å². The molecular weight excluding hydrogens is 998 g/mol. The van der Waals surface area contributed by atoms with Gasteiger partial charge in [-0.2, -0.15) is 5.26 Å². The van der Waals surface area contributed by atoms with Gasteiger partial charge in [-0.15, -0.1) is 0 Å². The van der Waals surface area contributed by atoms with Gasteiger partial charge in [-0.25, -0.2) is 5.26 Å². The van der Waals surface area contributed by atoms with Crippen LogP contribution in [-0.2, 0) is 19.3 Å². The van der Waals surface area contributed by atoms with E-state index < -0.39 is 33.2 Å². The number of nitrogens with two attached hydrogens (primary N) is 1. The number of rotatable bonds is 3. The van der Waals surface area contributed by atoms with Gasteiger partial charge in [0.1, 0.15) is 11.4 Å². The Balaban J connectivity index is 0.000000199. The van der Waals surface area contributed by atoms with Crippen LogP contribution in [0.4, 0.5) is 0 Å². The number of halogens is 2. The van der Waals surface area contributed by atoms with Crippen LogP contribution in [0.5, 0.6) is 0 Å². The minimum absolute atomic E-state index is 0. The van der Waals surface area contributed by atoms with Crippen LogP contribution in [0.3, 0.4) is 0 Å². The summed E-state index contributed by atoms with van der Waals surface area (Å²) in [6, 6.07) is 2.65. The van der Waals surface area contributed by atoms with Crippen molar-refractivity contribution in [1.29, 1.82) is 10.5 Å². The van der Waals surface area contributed by atoms with Crippen molar-refractivity contribution in [3.63, 3.8) is 0 Å². The number of aliphatic hydroxyl groups is 2. The number of Topliss-reactive ketones (excluding diaryl/α,β-unsaturated/α-hetero) is 1. The second-order valence-electron chi connectivity index (χ2n) is 22.1. The molecule has 312 valence electrons. The third-order valence-corrected chi connectivity index (χ3v) is 16.5. The van der Waals surface area contributed by atoms with Crippen LogP contribution in [0.25, 0.3) is 0 Å². The molecule has 12 fully saturated rings. The number of nitrogens with zero attached hydrogens (tertiary/aromatic N) is 2. The molecule has 7 nitrogen and oxygen atoms in total. The average Bonchev–Trinajstić information content (AvgIpc) is 3.02. The average molecular weight is 1080 g/mol. The zero-order valence-electron chi connectivity index (χ0n) is 34.2. The summed E-state index contributed by atoms with van der Waals surface area (Å²) in [5, 5.41) is 38.8. The molecule has 0 radical (unpaired) electrons. The fourth-order valence-corrected chi connectivity index (χ4v) is 15.1. The molecule has 0 saturated heterocycles. The minimum atomic E-state index is -1.66. The maximum absolute atomic E-state index is 11.7. The SMILES string of the molecule is C.C.CC12CC3CC(C1)C(=O)C(C3)C2.CC12CC3CC(C1)C(C#N)(O[Si](C)(C)C)C(C3)C2.C[Si](C)(C)C#N.NCC1(O)C2CC3CC1CC(O)(C3)C2.[I][Zn][I]. The molecule has 12 heteroatoms. The Bertz CT molecular complexity index is 1380. The van der Waals surface area contributed by atoms with Crippen molar-refractivity contribution in [3.8, 4) is 11.8 Å². The molecule has 0 aromatic carbocycles. The van der Waals surface area contributed by atoms with Crippen LogP contribution in [0.1, 0.15) is 125 Å². The molecule has 0 aromatic rings. The molecule has 0 amide bonds. The van der Waals surface area contributed by atoms with E-state index in [0.29, 0.717) is 52.7 Å². The zero-order chi connectivity index (χ0) is 39.4. The molecule has 6 atom stereocenters. The van der Waals surface area contributed by atoms with E-state index in [0.717, 1.165) is 43.9 Å². The normalized spacial score (nSPS) is 45.5. The van der Waals surface area contributed by atoms with Crippen molar-refractivity contribution in [1.82, 2.24) is 0 Å². The number of carbonyl (C=O) groups excluding carboxylic acids is 1. The molecule has 4 N–H and O–H groups in total. The Labute approximate surface area is 367 Å². The van der Waals surface area contributed by atoms with Gasteiger partial charge in [-0.05, 0) is 156 Å². The number of hydrogen-bond acceptors (Lipinski definition) is 7. The molecule has 0 spiro atoms. The van der Waals surface area contributed by atoms with E-state index in [9.17, 15) is 20.3 Å². The molecule has 0 aliphatic heterocycles. The Kier molecular flexibility index (Phi) is 17.0. The standard InChI is InChI=1S/C15H25NOSi.C11H19NO2.C11H16O.C4H9NSi.2CH4.2HI.Zn/c1-14-7-11-5-12(8-14)15(10-16,13(6-11)9-14)17-18(2,3)4;12-6-11(14)8-1-7-2-9(11)5-10(13,3-7)4-8;1-11-4-7-2-8(5-11)10(12)9(3-7)6-11;1-6(2,3)4-5;;;;;/h11-13H,5-9H2,1-4H3;7-9,13-14H,1-6,12H2;7-9H,2-6H2,1H3;1-3H3;2*1H4;2*1H;/q;;;;;;;;+2/p-2. The maximum atomic E-state index is 11.7. The number of nitriles is 2. The molecule has 0 heterocycles. The Morgan fingerprint density at radius 1 is 0.727 bits per heavy atom. The third-order valence-electron chi connectivity index (χ3n) is 14.9. The summed E-state index contributed by atoms with van der Waals surface area (Å²) in [5.41, 5.74) is 7.46. The van der Waals surface area contributed by atoms with Gasteiger partial charge in [0.15, 0.2) is 16.4 Å². The molecule has 12 saturated carbocycles. The van der Waals surface area contributed by atoms with Crippen LogP contribution in [0, 0.1) is 86.4 Å². The summed E-state index contributed by atoms with van der Waals surface area (Å²) in [6.07, 6.45) is 17.3. The van der Waals surface area contributed by atoms with Crippen LogP contribution in [0.2, 0.25) is 39.3 Å². The summed E-state index contributed by atoms with van der Waals surface area (Å²) >= 11 is 4.93. The summed E-state index contributed by atoms with van der Waals surface area (Å²) in [6.45, 7) is 17.9. The number of ketones is 1. The first-order valence-electron chi connectivity index (χ1n) is 20.8. The van der Waals surface area contributed by atoms with Gasteiger partial charge in [0.2, 0.25) is 0 Å². The van der Waals surface area contributed by atoms with Crippen LogP contribution in [0.15, 0.2) is 0 Å². The van der Waals surface area contributed by atoms with Crippen molar-refractivity contribution in [2.24, 2.45) is 69.8 Å². The van der Waals surface area contributed by atoms with E-state index in [-0.39, 0.29) is 36.8 Å². The van der Waals surface area contributed by atoms with E-state index in [1.165, 1.54) is 64.2 Å². The molecule has 55 heavy (non-hydrogen) atoms. The van der Waals surface area contributed by atoms with Crippen molar-refractivity contribution >= 4 is 61.7 Å². The molecular formula is C43H77I2N3O4Si2Zn. The molecule has 6 unspecified atom stereocenters.